The smallest absolute Gasteiger partial charge is 0.259 e. The summed E-state index contributed by atoms with van der Waals surface area (Å²) in [6.45, 7) is 4.41. The molecule has 17 heavy (non-hydrogen) atoms. The zero-order valence-corrected chi connectivity index (χ0v) is 11.1. The van der Waals surface area contributed by atoms with Crippen molar-refractivity contribution in [3.63, 3.8) is 0 Å². The summed E-state index contributed by atoms with van der Waals surface area (Å²) >= 11 is 5.70. The van der Waals surface area contributed by atoms with Crippen molar-refractivity contribution in [3.05, 3.63) is 23.9 Å². The van der Waals surface area contributed by atoms with Crippen molar-refractivity contribution in [2.24, 2.45) is 0 Å². The van der Waals surface area contributed by atoms with E-state index in [9.17, 15) is 4.79 Å². The second kappa shape index (κ2) is 6.45. The van der Waals surface area contributed by atoms with Gasteiger partial charge in [0.25, 0.3) is 5.91 Å². The first-order chi connectivity index (χ1) is 8.11. The maximum absolute atomic E-state index is 12.3. The fraction of sp³-hybridized carbons (Fsp3) is 0.500. The molecule has 0 aromatic carbocycles. The molecule has 1 rings (SSSR count). The molecule has 0 aliphatic heterocycles. The molecule has 1 aromatic heterocycles. The molecule has 0 N–H and O–H groups in total. The van der Waals surface area contributed by atoms with Crippen LogP contribution in [0.5, 0.6) is 5.88 Å². The number of hydrogen-bond acceptors (Lipinski definition) is 3. The minimum atomic E-state index is -0.106. The standard InChI is InChI=1S/C12H17ClN2O2/c1-9(2)15(8-6-13)12(16)10-5-4-7-14-11(10)17-3/h4-5,7,9H,6,8H2,1-3H3. The van der Waals surface area contributed by atoms with Gasteiger partial charge in [-0.05, 0) is 26.0 Å². The lowest BCUT2D eigenvalue weighted by Gasteiger charge is -2.26. The lowest BCUT2D eigenvalue weighted by atomic mass is 10.2. The average Bonchev–Trinajstić information content (AvgIpc) is 2.34. The number of aromatic nitrogens is 1. The number of methoxy groups -OCH3 is 1. The van der Waals surface area contributed by atoms with Crippen molar-refractivity contribution in [2.45, 2.75) is 19.9 Å². The van der Waals surface area contributed by atoms with Crippen molar-refractivity contribution < 1.29 is 9.53 Å². The van der Waals surface area contributed by atoms with Crippen LogP contribution in [0.2, 0.25) is 0 Å². The molecule has 1 amide bonds. The van der Waals surface area contributed by atoms with E-state index in [1.807, 2.05) is 13.8 Å². The normalized spacial score (nSPS) is 10.4. The van der Waals surface area contributed by atoms with E-state index in [4.69, 9.17) is 16.3 Å². The number of ether oxygens (including phenoxy) is 1. The van der Waals surface area contributed by atoms with E-state index in [-0.39, 0.29) is 11.9 Å². The second-order valence-corrected chi connectivity index (χ2v) is 4.22. The molecule has 0 radical (unpaired) electrons. The number of alkyl halides is 1. The Morgan fingerprint density at radius 1 is 1.59 bits per heavy atom. The van der Waals surface area contributed by atoms with E-state index in [1.165, 1.54) is 7.11 Å². The van der Waals surface area contributed by atoms with Crippen LogP contribution in [0.15, 0.2) is 18.3 Å². The average molecular weight is 257 g/mol. The molecule has 0 aliphatic carbocycles. The largest absolute Gasteiger partial charge is 0.480 e. The van der Waals surface area contributed by atoms with Gasteiger partial charge in [-0.25, -0.2) is 4.98 Å². The predicted octanol–water partition coefficient (Wildman–Crippen LogP) is 2.18. The van der Waals surface area contributed by atoms with Gasteiger partial charge in [-0.15, -0.1) is 11.6 Å². The third-order valence-corrected chi connectivity index (χ3v) is 2.57. The summed E-state index contributed by atoms with van der Waals surface area (Å²) in [5.74, 6) is 0.648. The van der Waals surface area contributed by atoms with Gasteiger partial charge in [0.2, 0.25) is 5.88 Å². The molecule has 0 unspecified atom stereocenters. The topological polar surface area (TPSA) is 42.4 Å². The van der Waals surface area contributed by atoms with Gasteiger partial charge < -0.3 is 9.64 Å². The Bertz CT molecular complexity index is 383. The van der Waals surface area contributed by atoms with Crippen molar-refractivity contribution in [1.29, 1.82) is 0 Å². The quantitative estimate of drug-likeness (QED) is 0.759. The summed E-state index contributed by atoms with van der Waals surface area (Å²) in [7, 11) is 1.50. The van der Waals surface area contributed by atoms with Gasteiger partial charge in [0.05, 0.1) is 7.11 Å². The lowest BCUT2D eigenvalue weighted by molar-refractivity contribution is 0.0714. The number of hydrogen-bond donors (Lipinski definition) is 0. The first-order valence-corrected chi connectivity index (χ1v) is 6.01. The highest BCUT2D eigenvalue weighted by Gasteiger charge is 2.21. The summed E-state index contributed by atoms with van der Waals surface area (Å²) in [5.41, 5.74) is 0.466. The highest BCUT2D eigenvalue weighted by atomic mass is 35.5. The zero-order chi connectivity index (χ0) is 12.8. The number of carbonyl (C=O) groups excluding carboxylic acids is 1. The Hall–Kier alpha value is -1.29. The second-order valence-electron chi connectivity index (χ2n) is 3.84. The van der Waals surface area contributed by atoms with Crippen molar-refractivity contribution in [2.75, 3.05) is 19.5 Å². The molecule has 1 aromatic rings. The zero-order valence-electron chi connectivity index (χ0n) is 10.3. The number of nitrogens with zero attached hydrogens (tertiary/aromatic N) is 2. The molecule has 0 atom stereocenters. The van der Waals surface area contributed by atoms with Gasteiger partial charge in [0.1, 0.15) is 5.56 Å². The molecule has 0 aliphatic rings. The van der Waals surface area contributed by atoms with Gasteiger partial charge in [0, 0.05) is 24.7 Å². The van der Waals surface area contributed by atoms with E-state index >= 15 is 0 Å². The van der Waals surface area contributed by atoms with Crippen molar-refractivity contribution in [1.82, 2.24) is 9.88 Å². The predicted molar refractivity (Wildman–Crippen MR) is 67.7 cm³/mol. The molecule has 0 spiro atoms. The van der Waals surface area contributed by atoms with Crippen LogP contribution in [0.4, 0.5) is 0 Å². The maximum Gasteiger partial charge on any atom is 0.259 e. The Labute approximate surface area is 107 Å². The van der Waals surface area contributed by atoms with Gasteiger partial charge >= 0.3 is 0 Å². The van der Waals surface area contributed by atoms with E-state index < -0.39 is 0 Å². The van der Waals surface area contributed by atoms with E-state index in [0.717, 1.165) is 0 Å². The van der Waals surface area contributed by atoms with Gasteiger partial charge in [-0.1, -0.05) is 0 Å². The summed E-state index contributed by atoms with van der Waals surface area (Å²) in [4.78, 5) is 18.0. The van der Waals surface area contributed by atoms with Crippen molar-refractivity contribution in [3.8, 4) is 5.88 Å². The van der Waals surface area contributed by atoms with Crippen LogP contribution in [-0.4, -0.2) is 41.4 Å². The maximum atomic E-state index is 12.3. The molecular formula is C12H17ClN2O2. The molecule has 0 saturated heterocycles. The summed E-state index contributed by atoms with van der Waals surface area (Å²) in [6, 6.07) is 3.51. The molecule has 94 valence electrons. The molecule has 0 fully saturated rings. The summed E-state index contributed by atoms with van der Waals surface area (Å²) < 4.78 is 5.08. The van der Waals surface area contributed by atoms with Crippen LogP contribution in [0, 0.1) is 0 Å². The van der Waals surface area contributed by atoms with Gasteiger partial charge in [-0.2, -0.15) is 0 Å². The van der Waals surface area contributed by atoms with Crippen LogP contribution in [0.1, 0.15) is 24.2 Å². The van der Waals surface area contributed by atoms with Crippen LogP contribution >= 0.6 is 11.6 Å². The molecule has 4 nitrogen and oxygen atoms in total. The first-order valence-electron chi connectivity index (χ1n) is 5.47. The Balaban J connectivity index is 3.00. The molecule has 5 heteroatoms. The van der Waals surface area contributed by atoms with Gasteiger partial charge in [0.15, 0.2) is 0 Å². The number of carbonyl (C=O) groups is 1. The fourth-order valence-corrected chi connectivity index (χ4v) is 1.74. The van der Waals surface area contributed by atoms with Crippen LogP contribution in [-0.2, 0) is 0 Å². The number of rotatable bonds is 5. The Kier molecular flexibility index (Phi) is 5.22. The molecule has 0 saturated carbocycles. The van der Waals surface area contributed by atoms with Crippen LogP contribution in [0.3, 0.4) is 0 Å². The SMILES string of the molecule is COc1ncccc1C(=O)N(CCCl)C(C)C. The van der Waals surface area contributed by atoms with Gasteiger partial charge in [-0.3, -0.25) is 4.79 Å². The molecule has 1 heterocycles. The van der Waals surface area contributed by atoms with E-state index in [1.54, 1.807) is 23.2 Å². The highest BCUT2D eigenvalue weighted by Crippen LogP contribution is 2.17. The molecule has 0 bridgehead atoms. The number of amides is 1. The van der Waals surface area contributed by atoms with E-state index in [0.29, 0.717) is 23.9 Å². The summed E-state index contributed by atoms with van der Waals surface area (Å²) in [6.07, 6.45) is 1.59. The Morgan fingerprint density at radius 3 is 2.82 bits per heavy atom. The van der Waals surface area contributed by atoms with Crippen LogP contribution < -0.4 is 4.74 Å². The molecular weight excluding hydrogens is 240 g/mol. The Morgan fingerprint density at radius 2 is 2.29 bits per heavy atom. The highest BCUT2D eigenvalue weighted by molar-refractivity contribution is 6.18. The fourth-order valence-electron chi connectivity index (χ4n) is 1.56. The minimum absolute atomic E-state index is 0.0890. The minimum Gasteiger partial charge on any atom is -0.480 e. The third-order valence-electron chi connectivity index (χ3n) is 2.40. The van der Waals surface area contributed by atoms with Crippen LogP contribution in [0.25, 0.3) is 0 Å². The lowest BCUT2D eigenvalue weighted by Crippen LogP contribution is -2.38. The monoisotopic (exact) mass is 256 g/mol. The number of halogens is 1. The first kappa shape index (κ1) is 13.8. The van der Waals surface area contributed by atoms with E-state index in [2.05, 4.69) is 4.98 Å². The summed E-state index contributed by atoms with van der Waals surface area (Å²) in [5, 5.41) is 0. The van der Waals surface area contributed by atoms with Crippen molar-refractivity contribution >= 4 is 17.5 Å². The third kappa shape index (κ3) is 3.33. The number of pyridine rings is 1.